The number of nitrogens with one attached hydrogen (secondary N) is 1. The van der Waals surface area contributed by atoms with Gasteiger partial charge in [0.1, 0.15) is 0 Å². The fourth-order valence-electron chi connectivity index (χ4n) is 1.74. The molecule has 2 aromatic rings. The second-order valence-electron chi connectivity index (χ2n) is 4.34. The smallest absolute Gasteiger partial charge is 0.222 e. The van der Waals surface area contributed by atoms with Gasteiger partial charge in [0.25, 0.3) is 0 Å². The van der Waals surface area contributed by atoms with Crippen LogP contribution in [-0.2, 0) is 17.9 Å². The molecule has 0 aliphatic carbocycles. The van der Waals surface area contributed by atoms with Crippen LogP contribution >= 0.6 is 0 Å². The zero-order valence-corrected chi connectivity index (χ0v) is 11.4. The second kappa shape index (κ2) is 6.85. The third kappa shape index (κ3) is 4.03. The zero-order chi connectivity index (χ0) is 13.5. The Hall–Kier alpha value is -1.94. The van der Waals surface area contributed by atoms with Crippen LogP contribution < -0.4 is 5.32 Å². The summed E-state index contributed by atoms with van der Waals surface area (Å²) in [6.45, 7) is 6.04. The van der Waals surface area contributed by atoms with Crippen molar-refractivity contribution in [2.45, 2.75) is 27.0 Å². The van der Waals surface area contributed by atoms with E-state index in [9.17, 15) is 0 Å². The first kappa shape index (κ1) is 13.5. The van der Waals surface area contributed by atoms with Gasteiger partial charge in [-0.1, -0.05) is 24.3 Å². The highest BCUT2D eigenvalue weighted by Gasteiger charge is 2.02. The lowest BCUT2D eigenvalue weighted by atomic mass is 10.1. The minimum Gasteiger partial charge on any atom is -0.377 e. The number of nitrogens with zero attached hydrogens (tertiary/aromatic N) is 2. The van der Waals surface area contributed by atoms with Crippen LogP contribution in [0.5, 0.6) is 0 Å². The number of benzene rings is 1. The Morgan fingerprint density at radius 2 is 1.79 bits per heavy atom. The SMILES string of the molecule is CCOCc1ccccc1CNc1ncc(C)cn1. The summed E-state index contributed by atoms with van der Waals surface area (Å²) in [5.41, 5.74) is 3.46. The molecule has 0 atom stereocenters. The van der Waals surface area contributed by atoms with E-state index >= 15 is 0 Å². The summed E-state index contributed by atoms with van der Waals surface area (Å²) in [7, 11) is 0. The molecule has 1 heterocycles. The molecule has 0 saturated heterocycles. The van der Waals surface area contributed by atoms with Gasteiger partial charge in [-0.15, -0.1) is 0 Å². The van der Waals surface area contributed by atoms with Crippen molar-refractivity contribution in [1.29, 1.82) is 0 Å². The quantitative estimate of drug-likeness (QED) is 0.864. The van der Waals surface area contributed by atoms with Gasteiger partial charge in [0.2, 0.25) is 5.95 Å². The van der Waals surface area contributed by atoms with Crippen molar-refractivity contribution in [3.63, 3.8) is 0 Å². The van der Waals surface area contributed by atoms with Gasteiger partial charge in [-0.3, -0.25) is 0 Å². The molecule has 0 saturated carbocycles. The lowest BCUT2D eigenvalue weighted by molar-refractivity contribution is 0.133. The predicted molar refractivity (Wildman–Crippen MR) is 75.9 cm³/mol. The molecule has 1 N–H and O–H groups in total. The van der Waals surface area contributed by atoms with Crippen molar-refractivity contribution >= 4 is 5.95 Å². The molecule has 0 aliphatic heterocycles. The number of anilines is 1. The summed E-state index contributed by atoms with van der Waals surface area (Å²) in [5.74, 6) is 0.650. The van der Waals surface area contributed by atoms with Crippen molar-refractivity contribution < 1.29 is 4.74 Å². The van der Waals surface area contributed by atoms with E-state index in [4.69, 9.17) is 4.74 Å². The fourth-order valence-corrected chi connectivity index (χ4v) is 1.74. The maximum Gasteiger partial charge on any atom is 0.222 e. The Balaban J connectivity index is 2.00. The molecule has 0 bridgehead atoms. The van der Waals surface area contributed by atoms with Gasteiger partial charge >= 0.3 is 0 Å². The molecule has 1 aromatic heterocycles. The van der Waals surface area contributed by atoms with Crippen LogP contribution in [0.25, 0.3) is 0 Å². The molecule has 2 rings (SSSR count). The van der Waals surface area contributed by atoms with Crippen LogP contribution in [-0.4, -0.2) is 16.6 Å². The normalized spacial score (nSPS) is 10.4. The molecule has 4 nitrogen and oxygen atoms in total. The molecule has 0 spiro atoms. The van der Waals surface area contributed by atoms with Crippen LogP contribution in [0, 0.1) is 6.92 Å². The Bertz CT molecular complexity index is 511. The average molecular weight is 257 g/mol. The minimum absolute atomic E-state index is 0.642. The number of hydrogen-bond acceptors (Lipinski definition) is 4. The Morgan fingerprint density at radius 3 is 2.47 bits per heavy atom. The van der Waals surface area contributed by atoms with E-state index in [1.54, 1.807) is 12.4 Å². The van der Waals surface area contributed by atoms with Gasteiger partial charge in [0.05, 0.1) is 6.61 Å². The molecule has 100 valence electrons. The third-order valence-electron chi connectivity index (χ3n) is 2.80. The van der Waals surface area contributed by atoms with Crippen LogP contribution in [0.1, 0.15) is 23.6 Å². The molecule has 19 heavy (non-hydrogen) atoms. The molecule has 0 aliphatic rings. The van der Waals surface area contributed by atoms with E-state index in [-0.39, 0.29) is 0 Å². The van der Waals surface area contributed by atoms with Crippen molar-refractivity contribution in [2.24, 2.45) is 0 Å². The van der Waals surface area contributed by atoms with Crippen LogP contribution in [0.3, 0.4) is 0 Å². The largest absolute Gasteiger partial charge is 0.377 e. The Kier molecular flexibility index (Phi) is 4.86. The zero-order valence-electron chi connectivity index (χ0n) is 11.4. The van der Waals surface area contributed by atoms with E-state index in [0.29, 0.717) is 19.1 Å². The van der Waals surface area contributed by atoms with Crippen LogP contribution in [0.4, 0.5) is 5.95 Å². The van der Waals surface area contributed by atoms with Gasteiger partial charge in [-0.05, 0) is 30.5 Å². The number of ether oxygens (including phenoxy) is 1. The molecule has 0 unspecified atom stereocenters. The number of aryl methyl sites for hydroxylation is 1. The lowest BCUT2D eigenvalue weighted by Gasteiger charge is -2.10. The highest BCUT2D eigenvalue weighted by molar-refractivity contribution is 5.32. The first-order chi connectivity index (χ1) is 9.29. The molecule has 4 heteroatoms. The monoisotopic (exact) mass is 257 g/mol. The highest BCUT2D eigenvalue weighted by atomic mass is 16.5. The molecular weight excluding hydrogens is 238 g/mol. The van der Waals surface area contributed by atoms with Crippen LogP contribution in [0.2, 0.25) is 0 Å². The first-order valence-corrected chi connectivity index (χ1v) is 6.46. The fraction of sp³-hybridized carbons (Fsp3) is 0.333. The maximum atomic E-state index is 5.47. The first-order valence-electron chi connectivity index (χ1n) is 6.46. The lowest BCUT2D eigenvalue weighted by Crippen LogP contribution is -2.06. The molecule has 0 radical (unpaired) electrons. The summed E-state index contributed by atoms with van der Waals surface area (Å²) in [5, 5.41) is 3.23. The van der Waals surface area contributed by atoms with Crippen molar-refractivity contribution in [3.8, 4) is 0 Å². The topological polar surface area (TPSA) is 47.0 Å². The van der Waals surface area contributed by atoms with E-state index in [1.165, 1.54) is 11.1 Å². The van der Waals surface area contributed by atoms with Gasteiger partial charge in [-0.25, -0.2) is 9.97 Å². The molecule has 1 aromatic carbocycles. The summed E-state index contributed by atoms with van der Waals surface area (Å²) < 4.78 is 5.47. The summed E-state index contributed by atoms with van der Waals surface area (Å²) >= 11 is 0. The highest BCUT2D eigenvalue weighted by Crippen LogP contribution is 2.12. The van der Waals surface area contributed by atoms with Crippen molar-refractivity contribution in [1.82, 2.24) is 9.97 Å². The number of aromatic nitrogens is 2. The second-order valence-corrected chi connectivity index (χ2v) is 4.34. The van der Waals surface area contributed by atoms with E-state index in [0.717, 1.165) is 12.2 Å². The predicted octanol–water partition coefficient (Wildman–Crippen LogP) is 2.93. The molecule has 0 amide bonds. The van der Waals surface area contributed by atoms with Crippen LogP contribution in [0.15, 0.2) is 36.7 Å². The molecule has 0 fully saturated rings. The van der Waals surface area contributed by atoms with Gasteiger partial charge in [-0.2, -0.15) is 0 Å². The molecular formula is C15H19N3O. The van der Waals surface area contributed by atoms with Gasteiger partial charge in [0, 0.05) is 25.5 Å². The summed E-state index contributed by atoms with van der Waals surface area (Å²) in [6.07, 6.45) is 3.61. The van der Waals surface area contributed by atoms with Crippen molar-refractivity contribution in [2.75, 3.05) is 11.9 Å². The van der Waals surface area contributed by atoms with Gasteiger partial charge < -0.3 is 10.1 Å². The minimum atomic E-state index is 0.642. The van der Waals surface area contributed by atoms with E-state index < -0.39 is 0 Å². The van der Waals surface area contributed by atoms with E-state index in [2.05, 4.69) is 27.4 Å². The summed E-state index contributed by atoms with van der Waals surface area (Å²) in [4.78, 5) is 8.46. The Labute approximate surface area is 113 Å². The van der Waals surface area contributed by atoms with Crippen molar-refractivity contribution in [3.05, 3.63) is 53.3 Å². The third-order valence-corrected chi connectivity index (χ3v) is 2.80. The maximum absolute atomic E-state index is 5.47. The number of hydrogen-bond donors (Lipinski definition) is 1. The number of rotatable bonds is 6. The Morgan fingerprint density at radius 1 is 1.11 bits per heavy atom. The summed E-state index contributed by atoms with van der Waals surface area (Å²) in [6, 6.07) is 8.24. The van der Waals surface area contributed by atoms with Gasteiger partial charge in [0.15, 0.2) is 0 Å². The average Bonchev–Trinajstić information content (AvgIpc) is 2.45. The van der Waals surface area contributed by atoms with E-state index in [1.807, 2.05) is 26.0 Å². The standard InChI is InChI=1S/C15H19N3O/c1-3-19-11-14-7-5-4-6-13(14)10-18-15-16-8-12(2)9-17-15/h4-9H,3,10-11H2,1-2H3,(H,16,17,18).